The van der Waals surface area contributed by atoms with Crippen molar-refractivity contribution >= 4 is 35.0 Å². The van der Waals surface area contributed by atoms with Crippen LogP contribution in [-0.2, 0) is 17.6 Å². The fourth-order valence-corrected chi connectivity index (χ4v) is 5.11. The molecule has 108 valence electrons. The number of nitrogens with zero attached hydrogens (tertiary/aromatic N) is 1. The topological polar surface area (TPSA) is 57.6 Å². The van der Waals surface area contributed by atoms with Crippen LogP contribution in [0.4, 0.5) is 0 Å². The van der Waals surface area contributed by atoms with Gasteiger partial charge in [0.2, 0.25) is 0 Å². The molecule has 2 atom stereocenters. The summed E-state index contributed by atoms with van der Waals surface area (Å²) in [6.45, 7) is 2.24. The molecule has 20 heavy (non-hydrogen) atoms. The number of carbonyl (C=O) groups excluding carboxylic acids is 1. The number of thiophene rings is 1. The predicted octanol–water partition coefficient (Wildman–Crippen LogP) is 2.47. The van der Waals surface area contributed by atoms with Gasteiger partial charge in [0.25, 0.3) is 5.91 Å². The maximum atomic E-state index is 12.5. The number of aliphatic carboxylic acids is 1. The van der Waals surface area contributed by atoms with Crippen LogP contribution in [-0.4, -0.2) is 39.6 Å². The van der Waals surface area contributed by atoms with Gasteiger partial charge in [-0.3, -0.25) is 4.79 Å². The van der Waals surface area contributed by atoms with Crippen molar-refractivity contribution in [1.29, 1.82) is 0 Å². The molecule has 2 heterocycles. The van der Waals surface area contributed by atoms with Crippen LogP contribution in [0.3, 0.4) is 0 Å². The Morgan fingerprint density at radius 1 is 1.45 bits per heavy atom. The number of carboxylic acid groups (broad SMARTS) is 1. The van der Waals surface area contributed by atoms with Crippen LogP contribution >= 0.6 is 23.1 Å². The fraction of sp³-hybridized carbons (Fsp3) is 0.571. The van der Waals surface area contributed by atoms with Gasteiger partial charge in [-0.15, -0.1) is 23.1 Å². The summed E-state index contributed by atoms with van der Waals surface area (Å²) in [5.41, 5.74) is 1.29. The van der Waals surface area contributed by atoms with Gasteiger partial charge >= 0.3 is 5.97 Å². The van der Waals surface area contributed by atoms with Crippen LogP contribution in [0, 0.1) is 5.92 Å². The number of rotatable bonds is 2. The van der Waals surface area contributed by atoms with Crippen molar-refractivity contribution < 1.29 is 14.7 Å². The van der Waals surface area contributed by atoms with Gasteiger partial charge in [0.05, 0.1) is 10.8 Å². The highest BCUT2D eigenvalue weighted by atomic mass is 32.2. The Hall–Kier alpha value is -1.01. The van der Waals surface area contributed by atoms with Crippen LogP contribution in [0.2, 0.25) is 0 Å². The largest absolute Gasteiger partial charge is 0.480 e. The van der Waals surface area contributed by atoms with E-state index in [1.165, 1.54) is 33.5 Å². The van der Waals surface area contributed by atoms with E-state index in [9.17, 15) is 14.7 Å². The molecule has 1 unspecified atom stereocenters. The average molecular weight is 311 g/mol. The number of thioether (sulfide) groups is 1. The molecule has 1 saturated heterocycles. The van der Waals surface area contributed by atoms with Gasteiger partial charge < -0.3 is 10.0 Å². The molecule has 1 N–H and O–H groups in total. The lowest BCUT2D eigenvalue weighted by molar-refractivity contribution is -0.140. The second-order valence-electron chi connectivity index (χ2n) is 5.54. The quantitative estimate of drug-likeness (QED) is 0.911. The van der Waals surface area contributed by atoms with E-state index in [0.717, 1.165) is 12.8 Å². The number of hydrogen-bond donors (Lipinski definition) is 1. The molecular weight excluding hydrogens is 294 g/mol. The first-order valence-corrected chi connectivity index (χ1v) is 8.76. The van der Waals surface area contributed by atoms with Gasteiger partial charge in [-0.25, -0.2) is 4.79 Å². The Morgan fingerprint density at radius 2 is 2.25 bits per heavy atom. The summed E-state index contributed by atoms with van der Waals surface area (Å²) in [6.07, 6.45) is 3.26. The van der Waals surface area contributed by atoms with Crippen LogP contribution in [0.15, 0.2) is 6.07 Å². The Labute approximate surface area is 126 Å². The summed E-state index contributed by atoms with van der Waals surface area (Å²) in [5.74, 6) is 0.625. The number of carboxylic acids is 1. The Morgan fingerprint density at radius 3 is 3.00 bits per heavy atom. The van der Waals surface area contributed by atoms with Crippen molar-refractivity contribution in [3.63, 3.8) is 0 Å². The molecule has 0 aromatic carbocycles. The van der Waals surface area contributed by atoms with Gasteiger partial charge in [0.1, 0.15) is 6.04 Å². The van der Waals surface area contributed by atoms with Gasteiger partial charge in [-0.2, -0.15) is 0 Å². The molecule has 1 aromatic rings. The lowest BCUT2D eigenvalue weighted by Gasteiger charge is -2.19. The summed E-state index contributed by atoms with van der Waals surface area (Å²) < 4.78 is 0. The molecule has 0 radical (unpaired) electrons. The summed E-state index contributed by atoms with van der Waals surface area (Å²) in [5, 5.41) is 9.17. The van der Waals surface area contributed by atoms with Crippen molar-refractivity contribution in [3.05, 3.63) is 21.4 Å². The summed E-state index contributed by atoms with van der Waals surface area (Å²) >= 11 is 3.06. The van der Waals surface area contributed by atoms with Crippen molar-refractivity contribution in [2.75, 3.05) is 11.6 Å². The zero-order valence-corrected chi connectivity index (χ0v) is 12.9. The van der Waals surface area contributed by atoms with E-state index in [1.807, 2.05) is 6.07 Å². The van der Waals surface area contributed by atoms with E-state index in [-0.39, 0.29) is 5.91 Å². The van der Waals surface area contributed by atoms with Crippen LogP contribution in [0.25, 0.3) is 0 Å². The standard InChI is InChI=1S/C14H17NO3S2/c1-8-2-3-11-9(4-8)5-12(20-11)13(16)15-7-19-6-10(15)14(17)18/h5,8,10H,2-4,6-7H2,1H3,(H,17,18)/t8?,10-/m0/s1. The molecular formula is C14H17NO3S2. The third-order valence-electron chi connectivity index (χ3n) is 3.97. The Bertz CT molecular complexity index is 555. The maximum absolute atomic E-state index is 12.5. The highest BCUT2D eigenvalue weighted by Gasteiger charge is 2.36. The minimum Gasteiger partial charge on any atom is -0.480 e. The smallest absolute Gasteiger partial charge is 0.327 e. The molecule has 1 fully saturated rings. The van der Waals surface area contributed by atoms with Crippen molar-refractivity contribution in [3.8, 4) is 0 Å². The zero-order chi connectivity index (χ0) is 14.3. The van der Waals surface area contributed by atoms with Gasteiger partial charge in [0.15, 0.2) is 0 Å². The lowest BCUT2D eigenvalue weighted by atomic mass is 9.90. The van der Waals surface area contributed by atoms with Crippen molar-refractivity contribution in [1.82, 2.24) is 4.90 Å². The highest BCUT2D eigenvalue weighted by molar-refractivity contribution is 7.99. The first-order valence-electron chi connectivity index (χ1n) is 6.79. The Balaban J connectivity index is 1.82. The average Bonchev–Trinajstić information content (AvgIpc) is 3.03. The summed E-state index contributed by atoms with van der Waals surface area (Å²) in [6, 6.07) is 1.31. The Kier molecular flexibility index (Phi) is 3.77. The molecule has 0 saturated carbocycles. The molecule has 4 nitrogen and oxygen atoms in total. The second-order valence-corrected chi connectivity index (χ2v) is 7.67. The van der Waals surface area contributed by atoms with E-state index in [1.54, 1.807) is 11.3 Å². The molecule has 0 spiro atoms. The van der Waals surface area contributed by atoms with E-state index in [0.29, 0.717) is 22.4 Å². The number of fused-ring (bicyclic) bond motifs is 1. The normalized spacial score (nSPS) is 25.6. The first-order chi connectivity index (χ1) is 9.56. The van der Waals surface area contributed by atoms with E-state index < -0.39 is 12.0 Å². The van der Waals surface area contributed by atoms with E-state index in [4.69, 9.17) is 0 Å². The van der Waals surface area contributed by atoms with Gasteiger partial charge in [-0.05, 0) is 36.8 Å². The molecule has 3 rings (SSSR count). The SMILES string of the molecule is CC1CCc2sc(C(=O)N3CSC[C@H]3C(=O)O)cc2C1. The highest BCUT2D eigenvalue weighted by Crippen LogP contribution is 2.34. The molecule has 1 aliphatic heterocycles. The third-order valence-corrected chi connectivity index (χ3v) is 6.21. The predicted molar refractivity (Wildman–Crippen MR) is 80.4 cm³/mol. The van der Waals surface area contributed by atoms with Crippen molar-refractivity contribution in [2.24, 2.45) is 5.92 Å². The number of hydrogen-bond acceptors (Lipinski definition) is 4. The van der Waals surface area contributed by atoms with Gasteiger partial charge in [-0.1, -0.05) is 6.92 Å². The summed E-state index contributed by atoms with van der Waals surface area (Å²) in [4.78, 5) is 27.2. The molecule has 1 aromatic heterocycles. The monoisotopic (exact) mass is 311 g/mol. The number of aryl methyl sites for hydroxylation is 1. The molecule has 1 amide bonds. The molecule has 2 aliphatic rings. The zero-order valence-electron chi connectivity index (χ0n) is 11.3. The molecule has 1 aliphatic carbocycles. The minimum atomic E-state index is -0.904. The number of amides is 1. The fourth-order valence-electron chi connectivity index (χ4n) is 2.80. The lowest BCUT2D eigenvalue weighted by Crippen LogP contribution is -2.41. The van der Waals surface area contributed by atoms with E-state index >= 15 is 0 Å². The maximum Gasteiger partial charge on any atom is 0.327 e. The first kappa shape index (κ1) is 13.9. The summed E-state index contributed by atoms with van der Waals surface area (Å²) in [7, 11) is 0. The number of carbonyl (C=O) groups is 2. The van der Waals surface area contributed by atoms with Crippen LogP contribution < -0.4 is 0 Å². The van der Waals surface area contributed by atoms with Crippen LogP contribution in [0.5, 0.6) is 0 Å². The second kappa shape index (κ2) is 5.41. The molecule has 0 bridgehead atoms. The van der Waals surface area contributed by atoms with E-state index in [2.05, 4.69) is 6.92 Å². The van der Waals surface area contributed by atoms with Gasteiger partial charge in [0, 0.05) is 10.6 Å². The van der Waals surface area contributed by atoms with Crippen LogP contribution in [0.1, 0.15) is 33.5 Å². The minimum absolute atomic E-state index is 0.116. The molecule has 6 heteroatoms. The van der Waals surface area contributed by atoms with Crippen molar-refractivity contribution in [2.45, 2.75) is 32.2 Å². The third kappa shape index (κ3) is 2.46.